The molecule has 2 saturated heterocycles. The lowest BCUT2D eigenvalue weighted by molar-refractivity contribution is -0.142. The van der Waals surface area contributed by atoms with E-state index < -0.39 is 133 Å². The van der Waals surface area contributed by atoms with E-state index >= 15 is 0 Å². The number of primary amides is 3. The summed E-state index contributed by atoms with van der Waals surface area (Å²) in [5.74, 6) is -9.21. The van der Waals surface area contributed by atoms with Crippen LogP contribution in [0.5, 0.6) is 5.75 Å². The first-order valence-electron chi connectivity index (χ1n) is 23.1. The fraction of sp³-hybridized carbons (Fsp3) is 0.622. The second-order valence-electron chi connectivity index (χ2n) is 17.9. The Bertz CT molecular complexity index is 2040. The van der Waals surface area contributed by atoms with Gasteiger partial charge in [0, 0.05) is 38.6 Å². The van der Waals surface area contributed by atoms with Gasteiger partial charge in [0.25, 0.3) is 0 Å². The second kappa shape index (κ2) is 27.5. The predicted octanol–water partition coefficient (Wildman–Crippen LogP) is -2.46. The number of hydrogen-bond donors (Lipinski definition) is 10. The molecular formula is C45H69N11O12S. The highest BCUT2D eigenvalue weighted by atomic mass is 32.2. The van der Waals surface area contributed by atoms with Crippen molar-refractivity contribution in [2.45, 2.75) is 134 Å². The molecule has 24 heteroatoms. The largest absolute Gasteiger partial charge is 0.508 e. The number of nitrogens with zero attached hydrogens (tertiary/aromatic N) is 2. The molecule has 0 spiro atoms. The summed E-state index contributed by atoms with van der Waals surface area (Å²) in [6.45, 7) is 6.72. The molecule has 23 nitrogen and oxygen atoms in total. The first-order valence-corrected chi connectivity index (χ1v) is 24.2. The standard InChI is InChI=1S/C45H69N11O12S/c1-6-25(4)38-44(67)50-28(15-16-34(46)58)40(63)51-30(21-35(47)59)41(64)53-31(23-69-18-8-10-37(61)55(5)33(43(66)54-38)20-26-11-13-27(57)14-12-26)45(68)56-17-7-9-32(56)42(65)52-29(19-24(2)3)39(62)49-22-36(48)60/h11-14,24-25,28-33,38,57H,6-10,15-23H2,1-5H3,(H2,46,58)(H2,47,59)(H2,48,60)(H,49,62)(H,50,67)(H,51,63)(H,52,65)(H,53,64)(H,54,66)/t25-,28-,29-,30-,31-,32+,33-,38-/m0/s1. The molecule has 0 bridgehead atoms. The number of carbonyl (C=O) groups excluding carboxylic acids is 11. The molecule has 1 aromatic rings. The van der Waals surface area contributed by atoms with Gasteiger partial charge in [-0.1, -0.05) is 46.2 Å². The van der Waals surface area contributed by atoms with Gasteiger partial charge in [0.05, 0.1) is 13.0 Å². The van der Waals surface area contributed by atoms with Gasteiger partial charge in [0.15, 0.2) is 0 Å². The van der Waals surface area contributed by atoms with E-state index in [1.165, 1.54) is 40.7 Å². The molecule has 0 unspecified atom stereocenters. The molecule has 0 aromatic heterocycles. The molecule has 2 heterocycles. The molecule has 8 atom stereocenters. The Balaban J connectivity index is 2.05. The van der Waals surface area contributed by atoms with E-state index in [9.17, 15) is 57.8 Å². The van der Waals surface area contributed by atoms with E-state index in [1.54, 1.807) is 26.0 Å². The van der Waals surface area contributed by atoms with Crippen LogP contribution in [0.2, 0.25) is 0 Å². The van der Waals surface area contributed by atoms with Crippen molar-refractivity contribution in [3.63, 3.8) is 0 Å². The van der Waals surface area contributed by atoms with E-state index in [1.807, 2.05) is 13.8 Å². The van der Waals surface area contributed by atoms with Gasteiger partial charge in [-0.05, 0) is 67.4 Å². The Morgan fingerprint density at radius 2 is 1.49 bits per heavy atom. The highest BCUT2D eigenvalue weighted by Gasteiger charge is 2.41. The lowest BCUT2D eigenvalue weighted by atomic mass is 9.96. The number of phenols is 1. The summed E-state index contributed by atoms with van der Waals surface area (Å²) in [6, 6.07) is -3.25. The Morgan fingerprint density at radius 3 is 2.10 bits per heavy atom. The molecule has 13 N–H and O–H groups in total. The number of likely N-dealkylation sites (tertiary alicyclic amines) is 1. The van der Waals surface area contributed by atoms with Crippen molar-refractivity contribution in [2.24, 2.45) is 29.0 Å². The molecule has 3 rings (SSSR count). The van der Waals surface area contributed by atoms with Gasteiger partial charge >= 0.3 is 0 Å². The normalized spacial score (nSPS) is 23.4. The third kappa shape index (κ3) is 18.2. The van der Waals surface area contributed by atoms with Gasteiger partial charge in [-0.25, -0.2) is 0 Å². The van der Waals surface area contributed by atoms with E-state index in [0.29, 0.717) is 18.4 Å². The number of phenolic OH excluding ortho intramolecular Hbond substituents is 1. The number of nitrogens with one attached hydrogen (secondary N) is 6. The molecule has 2 fully saturated rings. The minimum atomic E-state index is -1.72. The minimum absolute atomic E-state index is 0.0112. The maximum Gasteiger partial charge on any atom is 0.246 e. The van der Waals surface area contributed by atoms with Crippen molar-refractivity contribution in [1.82, 2.24) is 41.7 Å². The zero-order valence-corrected chi connectivity index (χ0v) is 40.7. The van der Waals surface area contributed by atoms with Crippen LogP contribution in [0.1, 0.15) is 91.0 Å². The van der Waals surface area contributed by atoms with Crippen LogP contribution in [-0.2, 0) is 59.2 Å². The summed E-state index contributed by atoms with van der Waals surface area (Å²) in [5, 5.41) is 25.3. The third-order valence-corrected chi connectivity index (χ3v) is 13.0. The summed E-state index contributed by atoms with van der Waals surface area (Å²) in [6.07, 6.45) is -0.264. The van der Waals surface area contributed by atoms with Gasteiger partial charge in [0.2, 0.25) is 65.0 Å². The zero-order valence-electron chi connectivity index (χ0n) is 39.9. The van der Waals surface area contributed by atoms with Crippen molar-refractivity contribution in [2.75, 3.05) is 31.6 Å². The number of carbonyl (C=O) groups is 11. The maximum absolute atomic E-state index is 14.5. The molecule has 0 saturated carbocycles. The summed E-state index contributed by atoms with van der Waals surface area (Å²) in [4.78, 5) is 150. The summed E-state index contributed by atoms with van der Waals surface area (Å²) >= 11 is 1.18. The van der Waals surface area contributed by atoms with Crippen molar-refractivity contribution in [3.05, 3.63) is 29.8 Å². The minimum Gasteiger partial charge on any atom is -0.508 e. The topological polar surface area (TPSA) is 365 Å². The SMILES string of the molecule is CC[C@H](C)[C@@H]1NC(=O)[C@H](Cc2ccc(O)cc2)N(C)C(=O)CCCSC[C@@H](C(=O)N2CCC[C@@H]2C(=O)N[C@@H](CC(C)C)C(=O)NCC(N)=O)NC(=O)[C@H](CC(N)=O)NC(=O)[C@H](CCC(N)=O)NC1=O. The molecule has 2 aliphatic rings. The number of thioether (sulfide) groups is 1. The van der Waals surface area contributed by atoms with E-state index in [2.05, 4.69) is 31.9 Å². The molecule has 0 aliphatic carbocycles. The average molecular weight is 988 g/mol. The lowest BCUT2D eigenvalue weighted by Crippen LogP contribution is -2.61. The molecule has 382 valence electrons. The fourth-order valence-electron chi connectivity index (χ4n) is 7.81. The van der Waals surface area contributed by atoms with Crippen molar-refractivity contribution in [3.8, 4) is 5.75 Å². The number of hydrogen-bond acceptors (Lipinski definition) is 13. The second-order valence-corrected chi connectivity index (χ2v) is 19.0. The maximum atomic E-state index is 14.5. The van der Waals surface area contributed by atoms with Crippen molar-refractivity contribution in [1.29, 1.82) is 0 Å². The number of nitrogens with two attached hydrogens (primary N) is 3. The fourth-order valence-corrected chi connectivity index (χ4v) is 8.78. The number of aromatic hydroxyl groups is 1. The van der Waals surface area contributed by atoms with E-state index in [-0.39, 0.29) is 68.2 Å². The lowest BCUT2D eigenvalue weighted by Gasteiger charge is -2.32. The number of likely N-dealkylation sites (N-methyl/N-ethyl adjacent to an activating group) is 1. The Hall–Kier alpha value is -6.46. The van der Waals surface area contributed by atoms with E-state index in [0.717, 1.165) is 0 Å². The highest BCUT2D eigenvalue weighted by Crippen LogP contribution is 2.22. The molecule has 1 aromatic carbocycles. The van der Waals surface area contributed by atoms with Crippen LogP contribution in [-0.4, -0.2) is 154 Å². The van der Waals surface area contributed by atoms with Crippen molar-refractivity contribution >= 4 is 76.7 Å². The molecular weight excluding hydrogens is 919 g/mol. The number of amides is 11. The molecule has 11 amide bonds. The summed E-state index contributed by atoms with van der Waals surface area (Å²) in [5.41, 5.74) is 16.7. The number of rotatable bonds is 17. The van der Waals surface area contributed by atoms with Crippen LogP contribution in [0.4, 0.5) is 0 Å². The van der Waals surface area contributed by atoms with Crippen LogP contribution < -0.4 is 49.1 Å². The zero-order chi connectivity index (χ0) is 51.5. The average Bonchev–Trinajstić information content (AvgIpc) is 3.79. The van der Waals surface area contributed by atoms with Crippen LogP contribution in [0.3, 0.4) is 0 Å². The van der Waals surface area contributed by atoms with Gasteiger partial charge < -0.3 is 64.0 Å². The Kier molecular flexibility index (Phi) is 22.7. The van der Waals surface area contributed by atoms with Gasteiger partial charge in [-0.2, -0.15) is 11.8 Å². The Labute approximate surface area is 405 Å². The molecule has 2 aliphatic heterocycles. The molecule has 0 radical (unpaired) electrons. The van der Waals surface area contributed by atoms with Crippen molar-refractivity contribution < 1.29 is 57.8 Å². The summed E-state index contributed by atoms with van der Waals surface area (Å²) < 4.78 is 0. The predicted molar refractivity (Wildman–Crippen MR) is 253 cm³/mol. The van der Waals surface area contributed by atoms with E-state index in [4.69, 9.17) is 17.2 Å². The highest BCUT2D eigenvalue weighted by molar-refractivity contribution is 7.99. The molecule has 69 heavy (non-hydrogen) atoms. The smallest absolute Gasteiger partial charge is 0.246 e. The van der Waals surface area contributed by atoms with Crippen LogP contribution in [0.25, 0.3) is 0 Å². The first kappa shape index (κ1) is 56.9. The summed E-state index contributed by atoms with van der Waals surface area (Å²) in [7, 11) is 1.45. The van der Waals surface area contributed by atoms with Crippen LogP contribution in [0.15, 0.2) is 24.3 Å². The van der Waals surface area contributed by atoms with Gasteiger partial charge in [-0.3, -0.25) is 52.7 Å². The van der Waals surface area contributed by atoms with Gasteiger partial charge in [-0.15, -0.1) is 0 Å². The Morgan fingerprint density at radius 1 is 0.841 bits per heavy atom. The first-order chi connectivity index (χ1) is 32.5. The van der Waals surface area contributed by atoms with Crippen LogP contribution in [0, 0.1) is 11.8 Å². The number of benzene rings is 1. The third-order valence-electron chi connectivity index (χ3n) is 11.9. The van der Waals surface area contributed by atoms with Crippen LogP contribution >= 0.6 is 11.8 Å². The monoisotopic (exact) mass is 987 g/mol. The van der Waals surface area contributed by atoms with Gasteiger partial charge in [0.1, 0.15) is 48.0 Å². The quantitative estimate of drug-likeness (QED) is 0.0776.